The highest BCUT2D eigenvalue weighted by molar-refractivity contribution is 9.10. The first kappa shape index (κ1) is 15.4. The zero-order valence-corrected chi connectivity index (χ0v) is 11.7. The van der Waals surface area contributed by atoms with E-state index in [0.29, 0.717) is 11.0 Å². The van der Waals surface area contributed by atoms with Crippen LogP contribution in [0.3, 0.4) is 0 Å². The number of carboxylic acid groups (broad SMARTS) is 1. The van der Waals surface area contributed by atoms with E-state index >= 15 is 0 Å². The van der Waals surface area contributed by atoms with Gasteiger partial charge in [0, 0.05) is 6.07 Å². The maximum absolute atomic E-state index is 10.9. The van der Waals surface area contributed by atoms with Crippen molar-refractivity contribution in [2.45, 2.75) is 13.0 Å². The molecule has 0 aliphatic rings. The number of nitrogens with one attached hydrogen (secondary N) is 1. The Kier molecular flexibility index (Phi) is 5.71. The van der Waals surface area contributed by atoms with Gasteiger partial charge in [-0.2, -0.15) is 0 Å². The lowest BCUT2D eigenvalue weighted by atomic mass is 10.3. The molecule has 8 heteroatoms. The minimum atomic E-state index is -1.04. The van der Waals surface area contributed by atoms with E-state index in [1.54, 1.807) is 6.92 Å². The number of likely N-dealkylation sites (N-methyl/N-ethyl adjacent to an activating group) is 1. The van der Waals surface area contributed by atoms with Crippen molar-refractivity contribution >= 4 is 27.6 Å². The van der Waals surface area contributed by atoms with E-state index in [2.05, 4.69) is 21.2 Å². The Bertz CT molecular complexity index is 480. The van der Waals surface area contributed by atoms with Crippen LogP contribution in [0.2, 0.25) is 0 Å². The second-order valence-electron chi connectivity index (χ2n) is 3.63. The number of non-ortho nitro benzene ring substituents is 1. The van der Waals surface area contributed by atoms with Crippen LogP contribution in [-0.4, -0.2) is 35.2 Å². The molecule has 2 N–H and O–H groups in total. The van der Waals surface area contributed by atoms with Gasteiger partial charge in [0.15, 0.2) is 0 Å². The Labute approximate surface area is 117 Å². The van der Waals surface area contributed by atoms with Gasteiger partial charge in [0.2, 0.25) is 0 Å². The Morgan fingerprint density at radius 1 is 1.63 bits per heavy atom. The second kappa shape index (κ2) is 7.05. The monoisotopic (exact) mass is 332 g/mol. The lowest BCUT2D eigenvalue weighted by Gasteiger charge is -2.14. The van der Waals surface area contributed by atoms with Crippen molar-refractivity contribution in [2.75, 3.05) is 13.2 Å². The summed E-state index contributed by atoms with van der Waals surface area (Å²) < 4.78 is 5.84. The van der Waals surface area contributed by atoms with Crippen molar-refractivity contribution in [3.63, 3.8) is 0 Å². The van der Waals surface area contributed by atoms with Crippen LogP contribution < -0.4 is 10.1 Å². The van der Waals surface area contributed by atoms with Gasteiger partial charge in [0.25, 0.3) is 5.69 Å². The standard InChI is InChI=1S/C11H13BrN2O5/c1-2-13-9(11(15)16)6-19-10-5-7(14(17)18)3-4-8(10)12/h3-5,9,13H,2,6H2,1H3,(H,15,16). The van der Waals surface area contributed by atoms with Crippen molar-refractivity contribution in [1.82, 2.24) is 5.32 Å². The summed E-state index contributed by atoms with van der Waals surface area (Å²) in [6, 6.07) is 3.19. The number of nitrogens with zero attached hydrogens (tertiary/aromatic N) is 1. The number of halogens is 1. The van der Waals surface area contributed by atoms with Crippen LogP contribution in [0, 0.1) is 10.1 Å². The van der Waals surface area contributed by atoms with Gasteiger partial charge in [-0.15, -0.1) is 0 Å². The number of aliphatic carboxylic acids is 1. The number of ether oxygens (including phenoxy) is 1. The smallest absolute Gasteiger partial charge is 0.324 e. The van der Waals surface area contributed by atoms with Crippen LogP contribution in [0.1, 0.15) is 6.92 Å². The predicted octanol–water partition coefficient (Wildman–Crippen LogP) is 1.80. The van der Waals surface area contributed by atoms with E-state index in [1.165, 1.54) is 18.2 Å². The van der Waals surface area contributed by atoms with Gasteiger partial charge in [-0.3, -0.25) is 14.9 Å². The number of carbonyl (C=O) groups is 1. The molecule has 7 nitrogen and oxygen atoms in total. The van der Waals surface area contributed by atoms with Crippen LogP contribution in [0.5, 0.6) is 5.75 Å². The predicted molar refractivity (Wildman–Crippen MR) is 71.4 cm³/mol. The zero-order valence-electron chi connectivity index (χ0n) is 10.1. The highest BCUT2D eigenvalue weighted by Crippen LogP contribution is 2.29. The van der Waals surface area contributed by atoms with Crippen molar-refractivity contribution in [1.29, 1.82) is 0 Å². The Hall–Kier alpha value is -1.67. The number of nitro benzene ring substituents is 1. The first-order valence-electron chi connectivity index (χ1n) is 5.48. The zero-order chi connectivity index (χ0) is 14.4. The first-order chi connectivity index (χ1) is 8.95. The van der Waals surface area contributed by atoms with Gasteiger partial charge in [-0.1, -0.05) is 6.92 Å². The van der Waals surface area contributed by atoms with Crippen LogP contribution >= 0.6 is 15.9 Å². The van der Waals surface area contributed by atoms with Crippen molar-refractivity contribution in [3.8, 4) is 5.75 Å². The molecule has 1 unspecified atom stereocenters. The fraction of sp³-hybridized carbons (Fsp3) is 0.364. The molecule has 0 heterocycles. The van der Waals surface area contributed by atoms with Crippen molar-refractivity contribution < 1.29 is 19.6 Å². The molecule has 0 spiro atoms. The van der Waals surface area contributed by atoms with E-state index in [-0.39, 0.29) is 18.0 Å². The molecule has 0 amide bonds. The number of hydrogen-bond acceptors (Lipinski definition) is 5. The summed E-state index contributed by atoms with van der Waals surface area (Å²) in [7, 11) is 0. The summed E-state index contributed by atoms with van der Waals surface area (Å²) in [6.45, 7) is 2.14. The van der Waals surface area contributed by atoms with Gasteiger partial charge in [0.05, 0.1) is 15.5 Å². The van der Waals surface area contributed by atoms with Crippen LogP contribution in [-0.2, 0) is 4.79 Å². The molecular formula is C11H13BrN2O5. The molecule has 0 aliphatic heterocycles. The van der Waals surface area contributed by atoms with Crippen molar-refractivity contribution in [2.24, 2.45) is 0 Å². The van der Waals surface area contributed by atoms with E-state index in [4.69, 9.17) is 9.84 Å². The quantitative estimate of drug-likeness (QED) is 0.583. The summed E-state index contributed by atoms with van der Waals surface area (Å²) >= 11 is 3.19. The molecule has 0 saturated carbocycles. The summed E-state index contributed by atoms with van der Waals surface area (Å²) in [5, 5.41) is 22.3. The Morgan fingerprint density at radius 3 is 2.84 bits per heavy atom. The average Bonchev–Trinajstić information content (AvgIpc) is 2.35. The minimum Gasteiger partial charge on any atom is -0.490 e. The molecule has 0 fully saturated rings. The van der Waals surface area contributed by atoms with Crippen LogP contribution in [0.25, 0.3) is 0 Å². The summed E-state index contributed by atoms with van der Waals surface area (Å²) in [6.07, 6.45) is 0. The fourth-order valence-electron chi connectivity index (χ4n) is 1.35. The number of carboxylic acids is 1. The minimum absolute atomic E-state index is 0.117. The SMILES string of the molecule is CCNC(COc1cc([N+](=O)[O-])ccc1Br)C(=O)O. The largest absolute Gasteiger partial charge is 0.490 e. The third kappa shape index (κ3) is 4.49. The third-order valence-corrected chi connectivity index (χ3v) is 2.93. The number of nitro groups is 1. The maximum atomic E-state index is 10.9. The van der Waals surface area contributed by atoms with Gasteiger partial charge in [0.1, 0.15) is 18.4 Å². The molecule has 0 aliphatic carbocycles. The van der Waals surface area contributed by atoms with Crippen LogP contribution in [0.4, 0.5) is 5.69 Å². The number of rotatable bonds is 7. The molecule has 0 saturated heterocycles. The summed E-state index contributed by atoms with van der Waals surface area (Å²) in [4.78, 5) is 21.0. The molecule has 1 rings (SSSR count). The number of benzene rings is 1. The molecule has 1 atom stereocenters. The molecule has 0 radical (unpaired) electrons. The molecule has 0 aromatic heterocycles. The van der Waals surface area contributed by atoms with Gasteiger partial charge < -0.3 is 15.2 Å². The highest BCUT2D eigenvalue weighted by atomic mass is 79.9. The van der Waals surface area contributed by atoms with E-state index in [0.717, 1.165) is 0 Å². The molecule has 1 aromatic rings. The van der Waals surface area contributed by atoms with Gasteiger partial charge in [-0.25, -0.2) is 0 Å². The number of hydrogen-bond donors (Lipinski definition) is 2. The normalized spacial score (nSPS) is 11.9. The van der Waals surface area contributed by atoms with Crippen LogP contribution in [0.15, 0.2) is 22.7 Å². The third-order valence-electron chi connectivity index (χ3n) is 2.28. The molecule has 1 aromatic carbocycles. The lowest BCUT2D eigenvalue weighted by molar-refractivity contribution is -0.385. The maximum Gasteiger partial charge on any atom is 0.324 e. The van der Waals surface area contributed by atoms with Gasteiger partial charge in [-0.05, 0) is 28.5 Å². The Balaban J connectivity index is 2.78. The molecule has 19 heavy (non-hydrogen) atoms. The first-order valence-corrected chi connectivity index (χ1v) is 6.28. The second-order valence-corrected chi connectivity index (χ2v) is 4.49. The Morgan fingerprint density at radius 2 is 2.32 bits per heavy atom. The summed E-state index contributed by atoms with van der Waals surface area (Å²) in [5.41, 5.74) is -0.117. The average molecular weight is 333 g/mol. The van der Waals surface area contributed by atoms with Gasteiger partial charge >= 0.3 is 5.97 Å². The lowest BCUT2D eigenvalue weighted by Crippen LogP contribution is -2.41. The summed E-state index contributed by atoms with van der Waals surface area (Å²) in [5.74, 6) is -0.804. The molecular weight excluding hydrogens is 320 g/mol. The van der Waals surface area contributed by atoms with E-state index in [9.17, 15) is 14.9 Å². The van der Waals surface area contributed by atoms with Crippen molar-refractivity contribution in [3.05, 3.63) is 32.8 Å². The van der Waals surface area contributed by atoms with E-state index in [1.807, 2.05) is 0 Å². The molecule has 104 valence electrons. The molecule has 0 bridgehead atoms. The topological polar surface area (TPSA) is 102 Å². The highest BCUT2D eigenvalue weighted by Gasteiger charge is 2.18. The van der Waals surface area contributed by atoms with E-state index < -0.39 is 16.9 Å². The fourth-order valence-corrected chi connectivity index (χ4v) is 1.71.